The average molecular weight is 379 g/mol. The van der Waals surface area contributed by atoms with Crippen molar-refractivity contribution in [3.63, 3.8) is 0 Å². The van der Waals surface area contributed by atoms with Gasteiger partial charge >= 0.3 is 0 Å². The molecule has 0 saturated carbocycles. The molecule has 0 fully saturated rings. The number of furan rings is 1. The summed E-state index contributed by atoms with van der Waals surface area (Å²) in [5.74, 6) is 0.215. The maximum atomic E-state index is 13.5. The van der Waals surface area contributed by atoms with E-state index in [-0.39, 0.29) is 23.1 Å². The highest BCUT2D eigenvalue weighted by molar-refractivity contribution is 6.06. The first-order valence-electron chi connectivity index (χ1n) is 8.27. The van der Waals surface area contributed by atoms with Crippen LogP contribution in [0.4, 0.5) is 10.1 Å². The van der Waals surface area contributed by atoms with Gasteiger partial charge in [-0.1, -0.05) is 6.07 Å². The minimum Gasteiger partial charge on any atom is -0.496 e. The second-order valence-electron chi connectivity index (χ2n) is 5.77. The fourth-order valence-corrected chi connectivity index (χ4v) is 2.63. The van der Waals surface area contributed by atoms with Crippen LogP contribution in [0.25, 0.3) is 23.1 Å². The zero-order valence-corrected chi connectivity index (χ0v) is 14.7. The van der Waals surface area contributed by atoms with E-state index in [1.165, 1.54) is 25.5 Å². The van der Waals surface area contributed by atoms with Crippen LogP contribution in [0.15, 0.2) is 69.7 Å². The van der Waals surface area contributed by atoms with Crippen LogP contribution in [0.5, 0.6) is 5.75 Å². The topological polar surface area (TPSA) is 90.4 Å². The lowest BCUT2D eigenvalue weighted by molar-refractivity contribution is 0.102. The van der Waals surface area contributed by atoms with Crippen molar-refractivity contribution in [3.8, 4) is 28.9 Å². The van der Waals surface area contributed by atoms with Gasteiger partial charge in [0.25, 0.3) is 11.8 Å². The molecular formula is C20H14FN3O4. The van der Waals surface area contributed by atoms with Crippen LogP contribution >= 0.6 is 0 Å². The predicted molar refractivity (Wildman–Crippen MR) is 98.3 cm³/mol. The summed E-state index contributed by atoms with van der Waals surface area (Å²) in [5, 5.41) is 10.7. The smallest absolute Gasteiger partial charge is 0.283 e. The summed E-state index contributed by atoms with van der Waals surface area (Å²) in [6.07, 6.45) is 1.51. The lowest BCUT2D eigenvalue weighted by Gasteiger charge is -2.10. The first-order chi connectivity index (χ1) is 13.6. The van der Waals surface area contributed by atoms with Crippen LogP contribution < -0.4 is 10.1 Å². The summed E-state index contributed by atoms with van der Waals surface area (Å²) in [6, 6.07) is 14.0. The molecule has 0 aliphatic heterocycles. The largest absolute Gasteiger partial charge is 0.496 e. The Kier molecular flexibility index (Phi) is 4.59. The number of aromatic nitrogens is 2. The molecule has 0 aliphatic rings. The molecule has 4 rings (SSSR count). The average Bonchev–Trinajstić information content (AvgIpc) is 3.40. The summed E-state index contributed by atoms with van der Waals surface area (Å²) in [5.41, 5.74) is 1.17. The van der Waals surface area contributed by atoms with Crippen LogP contribution in [0.2, 0.25) is 0 Å². The van der Waals surface area contributed by atoms with Crippen molar-refractivity contribution >= 4 is 11.6 Å². The number of rotatable bonds is 5. The number of methoxy groups -OCH3 is 1. The Balaban J connectivity index is 1.58. The van der Waals surface area contributed by atoms with Crippen molar-refractivity contribution in [2.75, 3.05) is 12.4 Å². The first-order valence-corrected chi connectivity index (χ1v) is 8.27. The monoisotopic (exact) mass is 379 g/mol. The van der Waals surface area contributed by atoms with Crippen LogP contribution in [-0.2, 0) is 0 Å². The van der Waals surface area contributed by atoms with Gasteiger partial charge in [-0.25, -0.2) is 4.39 Å². The molecule has 0 spiro atoms. The number of hydrogen-bond acceptors (Lipinski definition) is 6. The summed E-state index contributed by atoms with van der Waals surface area (Å²) in [7, 11) is 1.41. The van der Waals surface area contributed by atoms with E-state index < -0.39 is 11.7 Å². The van der Waals surface area contributed by atoms with E-state index >= 15 is 0 Å². The second kappa shape index (κ2) is 7.36. The number of carbonyl (C=O) groups excluding carboxylic acids is 1. The highest BCUT2D eigenvalue weighted by atomic mass is 19.1. The molecule has 2 heterocycles. The third-order valence-corrected chi connectivity index (χ3v) is 3.93. The Bertz CT molecular complexity index is 1120. The van der Waals surface area contributed by atoms with Crippen LogP contribution in [-0.4, -0.2) is 23.2 Å². The Morgan fingerprint density at radius 2 is 1.93 bits per heavy atom. The third kappa shape index (κ3) is 3.48. The Hall–Kier alpha value is -3.94. The van der Waals surface area contributed by atoms with Gasteiger partial charge in [0, 0.05) is 11.3 Å². The molecule has 0 aliphatic carbocycles. The van der Waals surface area contributed by atoms with Crippen molar-refractivity contribution in [2.45, 2.75) is 0 Å². The van der Waals surface area contributed by atoms with E-state index in [1.807, 2.05) is 0 Å². The van der Waals surface area contributed by atoms with Gasteiger partial charge in [0.15, 0.2) is 5.76 Å². The molecule has 2 aromatic carbocycles. The highest BCUT2D eigenvalue weighted by Gasteiger charge is 2.16. The van der Waals surface area contributed by atoms with E-state index in [1.54, 1.807) is 36.4 Å². The van der Waals surface area contributed by atoms with Gasteiger partial charge in [-0.3, -0.25) is 4.79 Å². The maximum Gasteiger partial charge on any atom is 0.283 e. The first kappa shape index (κ1) is 17.5. The standard InChI is InChI=1S/C20H14FN3O4/c1-26-16-8-7-13(21)11-15(16)18(25)22-14-5-2-4-12(10-14)19-23-24-20(28-19)17-6-3-9-27-17/h2-11H,1H3,(H,22,25). The number of nitrogens with one attached hydrogen (secondary N) is 1. The van der Waals surface area contributed by atoms with Crippen LogP contribution in [0.1, 0.15) is 10.4 Å². The molecule has 1 amide bonds. The van der Waals surface area contributed by atoms with Gasteiger partial charge < -0.3 is 18.9 Å². The predicted octanol–water partition coefficient (Wildman–Crippen LogP) is 4.40. The summed E-state index contributed by atoms with van der Waals surface area (Å²) in [6.45, 7) is 0. The van der Waals surface area contributed by atoms with Crippen molar-refractivity contribution in [2.24, 2.45) is 0 Å². The van der Waals surface area contributed by atoms with E-state index in [0.717, 1.165) is 6.07 Å². The number of anilines is 1. The normalized spacial score (nSPS) is 10.6. The van der Waals surface area contributed by atoms with E-state index in [9.17, 15) is 9.18 Å². The Labute approximate surface area is 158 Å². The van der Waals surface area contributed by atoms with Gasteiger partial charge in [0.05, 0.1) is 18.9 Å². The maximum absolute atomic E-state index is 13.5. The van der Waals surface area contributed by atoms with E-state index in [2.05, 4.69) is 15.5 Å². The number of ether oxygens (including phenoxy) is 1. The molecule has 2 aromatic heterocycles. The molecule has 0 unspecified atom stereocenters. The molecule has 28 heavy (non-hydrogen) atoms. The quantitative estimate of drug-likeness (QED) is 0.553. The van der Waals surface area contributed by atoms with Crippen molar-refractivity contribution in [3.05, 3.63) is 72.2 Å². The van der Waals surface area contributed by atoms with Gasteiger partial charge in [-0.2, -0.15) is 0 Å². The summed E-state index contributed by atoms with van der Waals surface area (Å²) >= 11 is 0. The fraction of sp³-hybridized carbons (Fsp3) is 0.0500. The summed E-state index contributed by atoms with van der Waals surface area (Å²) in [4.78, 5) is 12.5. The summed E-state index contributed by atoms with van der Waals surface area (Å²) < 4.78 is 29.5. The van der Waals surface area contributed by atoms with Crippen LogP contribution in [0.3, 0.4) is 0 Å². The van der Waals surface area contributed by atoms with Gasteiger partial charge in [-0.15, -0.1) is 10.2 Å². The van der Waals surface area contributed by atoms with E-state index in [4.69, 9.17) is 13.6 Å². The van der Waals surface area contributed by atoms with Gasteiger partial charge in [-0.05, 0) is 48.5 Å². The lowest BCUT2D eigenvalue weighted by atomic mass is 10.1. The lowest BCUT2D eigenvalue weighted by Crippen LogP contribution is -2.13. The molecule has 8 heteroatoms. The number of amides is 1. The molecular weight excluding hydrogens is 365 g/mol. The minimum atomic E-state index is -0.531. The zero-order chi connectivity index (χ0) is 19.5. The fourth-order valence-electron chi connectivity index (χ4n) is 2.63. The minimum absolute atomic E-state index is 0.0887. The number of carbonyl (C=O) groups is 1. The number of hydrogen-bond donors (Lipinski definition) is 1. The molecule has 0 bridgehead atoms. The zero-order valence-electron chi connectivity index (χ0n) is 14.7. The van der Waals surface area contributed by atoms with Crippen molar-refractivity contribution in [1.29, 1.82) is 0 Å². The van der Waals surface area contributed by atoms with Crippen molar-refractivity contribution < 1.29 is 22.8 Å². The third-order valence-electron chi connectivity index (χ3n) is 3.93. The molecule has 0 atom stereocenters. The number of halogens is 1. The molecule has 1 N–H and O–H groups in total. The molecule has 7 nitrogen and oxygen atoms in total. The number of nitrogens with zero attached hydrogens (tertiary/aromatic N) is 2. The molecule has 140 valence electrons. The molecule has 0 saturated heterocycles. The van der Waals surface area contributed by atoms with Gasteiger partial charge in [0.1, 0.15) is 11.6 Å². The highest BCUT2D eigenvalue weighted by Crippen LogP contribution is 2.27. The molecule has 0 radical (unpaired) electrons. The SMILES string of the molecule is COc1ccc(F)cc1C(=O)Nc1cccc(-c2nnc(-c3ccco3)o2)c1. The second-order valence-corrected chi connectivity index (χ2v) is 5.77. The molecule has 4 aromatic rings. The van der Waals surface area contributed by atoms with Crippen LogP contribution in [0, 0.1) is 5.82 Å². The van der Waals surface area contributed by atoms with E-state index in [0.29, 0.717) is 17.0 Å². The Morgan fingerprint density at radius 3 is 2.71 bits per heavy atom. The van der Waals surface area contributed by atoms with Crippen molar-refractivity contribution in [1.82, 2.24) is 10.2 Å². The number of benzene rings is 2. The Morgan fingerprint density at radius 1 is 1.07 bits per heavy atom. The van der Waals surface area contributed by atoms with Gasteiger partial charge in [0.2, 0.25) is 5.89 Å².